The van der Waals surface area contributed by atoms with E-state index in [1.807, 2.05) is 18.2 Å². The maximum atomic E-state index is 12.0. The zero-order valence-electron chi connectivity index (χ0n) is 13.5. The molecule has 0 spiro atoms. The summed E-state index contributed by atoms with van der Waals surface area (Å²) in [5.74, 6) is 2.19. The largest absolute Gasteiger partial charge is 0.467 e. The van der Waals surface area contributed by atoms with Gasteiger partial charge in [0.2, 0.25) is 11.7 Å². The number of aromatic nitrogens is 3. The van der Waals surface area contributed by atoms with Gasteiger partial charge in [-0.3, -0.25) is 4.98 Å². The topological polar surface area (TPSA) is 97.3 Å². The number of hydrogen-bond acceptors (Lipinski definition) is 6. The van der Waals surface area contributed by atoms with Crippen molar-refractivity contribution >= 4 is 6.03 Å². The van der Waals surface area contributed by atoms with Crippen molar-refractivity contribution in [3.8, 4) is 11.4 Å². The van der Waals surface area contributed by atoms with Gasteiger partial charge in [-0.2, -0.15) is 4.98 Å². The number of pyridine rings is 1. The minimum atomic E-state index is -0.0887. The van der Waals surface area contributed by atoms with E-state index in [1.54, 1.807) is 29.6 Å². The molecule has 128 valence electrons. The Hall–Kier alpha value is -3.16. The van der Waals surface area contributed by atoms with E-state index in [-0.39, 0.29) is 6.03 Å². The van der Waals surface area contributed by atoms with Crippen LogP contribution >= 0.6 is 0 Å². The van der Waals surface area contributed by atoms with E-state index in [4.69, 9.17) is 8.94 Å². The van der Waals surface area contributed by atoms with Crippen LogP contribution < -0.4 is 5.32 Å². The summed E-state index contributed by atoms with van der Waals surface area (Å²) in [7, 11) is 0. The van der Waals surface area contributed by atoms with Crippen molar-refractivity contribution in [1.29, 1.82) is 0 Å². The molecule has 2 amide bonds. The van der Waals surface area contributed by atoms with Gasteiger partial charge in [-0.1, -0.05) is 5.16 Å². The van der Waals surface area contributed by atoms with Gasteiger partial charge in [0.15, 0.2) is 0 Å². The third-order valence-electron chi connectivity index (χ3n) is 4.09. The van der Waals surface area contributed by atoms with Crippen molar-refractivity contribution in [2.75, 3.05) is 13.1 Å². The van der Waals surface area contributed by atoms with Gasteiger partial charge < -0.3 is 19.2 Å². The third kappa shape index (κ3) is 3.52. The number of amides is 2. The van der Waals surface area contributed by atoms with Crippen LogP contribution in [0.1, 0.15) is 11.7 Å². The molecule has 4 heterocycles. The Morgan fingerprint density at radius 2 is 2.24 bits per heavy atom. The minimum Gasteiger partial charge on any atom is -0.467 e. The van der Waals surface area contributed by atoms with Crippen LogP contribution in [0.15, 0.2) is 51.9 Å². The standard InChI is InChI=1S/C17H17N5O3/c23-17(19-9-14-4-2-6-24-14)22-10-12(11-22)7-15-20-16(21-25-15)13-3-1-5-18-8-13/h1-6,8,12H,7,9-11H2,(H,19,23). The zero-order chi connectivity index (χ0) is 17.1. The van der Waals surface area contributed by atoms with Gasteiger partial charge in [0, 0.05) is 43.4 Å². The molecule has 1 aliphatic heterocycles. The first kappa shape index (κ1) is 15.4. The number of carbonyl (C=O) groups is 1. The van der Waals surface area contributed by atoms with Gasteiger partial charge in [-0.15, -0.1) is 0 Å². The summed E-state index contributed by atoms with van der Waals surface area (Å²) < 4.78 is 10.5. The van der Waals surface area contributed by atoms with Crippen molar-refractivity contribution in [1.82, 2.24) is 25.3 Å². The van der Waals surface area contributed by atoms with E-state index in [0.717, 1.165) is 11.3 Å². The lowest BCUT2D eigenvalue weighted by atomic mass is 9.97. The Bertz CT molecular complexity index is 825. The SMILES string of the molecule is O=C(NCc1ccco1)N1CC(Cc2nc(-c3cccnc3)no2)C1. The molecular weight excluding hydrogens is 322 g/mol. The number of hydrogen-bond donors (Lipinski definition) is 1. The van der Waals surface area contributed by atoms with Gasteiger partial charge in [0.1, 0.15) is 5.76 Å². The predicted molar refractivity (Wildman–Crippen MR) is 87.2 cm³/mol. The number of rotatable bonds is 5. The van der Waals surface area contributed by atoms with Crippen molar-refractivity contribution in [3.05, 3.63) is 54.6 Å². The highest BCUT2D eigenvalue weighted by atomic mass is 16.5. The Balaban J connectivity index is 1.24. The molecular formula is C17H17N5O3. The number of nitrogens with one attached hydrogen (secondary N) is 1. The average molecular weight is 339 g/mol. The van der Waals surface area contributed by atoms with Crippen molar-refractivity contribution < 1.29 is 13.7 Å². The first-order valence-corrected chi connectivity index (χ1v) is 8.06. The molecule has 0 atom stereocenters. The lowest BCUT2D eigenvalue weighted by molar-refractivity contribution is 0.114. The van der Waals surface area contributed by atoms with Crippen molar-refractivity contribution in [2.45, 2.75) is 13.0 Å². The molecule has 4 rings (SSSR count). The van der Waals surface area contributed by atoms with Crippen molar-refractivity contribution in [3.63, 3.8) is 0 Å². The monoisotopic (exact) mass is 339 g/mol. The maximum Gasteiger partial charge on any atom is 0.317 e. The first-order valence-electron chi connectivity index (χ1n) is 8.06. The highest BCUT2D eigenvalue weighted by Gasteiger charge is 2.32. The Morgan fingerprint density at radius 1 is 1.32 bits per heavy atom. The van der Waals surface area contributed by atoms with Gasteiger partial charge in [-0.05, 0) is 24.3 Å². The van der Waals surface area contributed by atoms with Gasteiger partial charge >= 0.3 is 6.03 Å². The molecule has 0 saturated carbocycles. The average Bonchev–Trinajstić information content (AvgIpc) is 3.28. The van der Waals surface area contributed by atoms with E-state index in [1.165, 1.54) is 0 Å². The summed E-state index contributed by atoms with van der Waals surface area (Å²) in [5, 5.41) is 6.81. The summed E-state index contributed by atoms with van der Waals surface area (Å²) in [5.41, 5.74) is 0.824. The second-order valence-electron chi connectivity index (χ2n) is 5.97. The second kappa shape index (κ2) is 6.76. The molecule has 0 bridgehead atoms. The Morgan fingerprint density at radius 3 is 3.00 bits per heavy atom. The van der Waals surface area contributed by atoms with Crippen LogP contribution in [0, 0.1) is 5.92 Å². The molecule has 0 unspecified atom stereocenters. The molecule has 1 saturated heterocycles. The smallest absolute Gasteiger partial charge is 0.317 e. The molecule has 8 heteroatoms. The molecule has 0 aromatic carbocycles. The van der Waals surface area contributed by atoms with E-state index in [9.17, 15) is 4.79 Å². The third-order valence-corrected chi connectivity index (χ3v) is 4.09. The quantitative estimate of drug-likeness (QED) is 0.764. The van der Waals surface area contributed by atoms with Crippen LogP contribution in [0.4, 0.5) is 4.79 Å². The molecule has 1 aliphatic rings. The van der Waals surface area contributed by atoms with E-state index in [2.05, 4.69) is 20.4 Å². The van der Waals surface area contributed by atoms with Crippen LogP contribution in [-0.4, -0.2) is 39.1 Å². The molecule has 0 aliphatic carbocycles. The highest BCUT2D eigenvalue weighted by molar-refractivity contribution is 5.74. The fourth-order valence-corrected chi connectivity index (χ4v) is 2.75. The molecule has 8 nitrogen and oxygen atoms in total. The Labute approximate surface area is 143 Å². The summed E-state index contributed by atoms with van der Waals surface area (Å²) in [4.78, 5) is 22.2. The molecule has 0 radical (unpaired) electrons. The first-order chi connectivity index (χ1) is 12.3. The van der Waals surface area contributed by atoms with E-state index >= 15 is 0 Å². The number of furan rings is 1. The summed E-state index contributed by atoms with van der Waals surface area (Å²) in [6.07, 6.45) is 5.65. The molecule has 1 N–H and O–H groups in total. The normalized spacial score (nSPS) is 14.3. The van der Waals surface area contributed by atoms with E-state index in [0.29, 0.717) is 43.7 Å². The van der Waals surface area contributed by atoms with Crippen LogP contribution in [0.2, 0.25) is 0 Å². The Kier molecular flexibility index (Phi) is 4.16. The number of nitrogens with zero attached hydrogens (tertiary/aromatic N) is 4. The minimum absolute atomic E-state index is 0.0887. The maximum absolute atomic E-state index is 12.0. The van der Waals surface area contributed by atoms with Crippen LogP contribution in [-0.2, 0) is 13.0 Å². The van der Waals surface area contributed by atoms with Crippen LogP contribution in [0.3, 0.4) is 0 Å². The lowest BCUT2D eigenvalue weighted by Gasteiger charge is -2.38. The van der Waals surface area contributed by atoms with Crippen molar-refractivity contribution in [2.24, 2.45) is 5.92 Å². The number of likely N-dealkylation sites (tertiary alicyclic amines) is 1. The molecule has 3 aromatic rings. The zero-order valence-corrected chi connectivity index (χ0v) is 13.5. The number of urea groups is 1. The fraction of sp³-hybridized carbons (Fsp3) is 0.294. The predicted octanol–water partition coefficient (Wildman–Crippen LogP) is 2.11. The van der Waals surface area contributed by atoms with Gasteiger partial charge in [0.25, 0.3) is 0 Å². The van der Waals surface area contributed by atoms with E-state index < -0.39 is 0 Å². The van der Waals surface area contributed by atoms with Crippen LogP contribution in [0.25, 0.3) is 11.4 Å². The fourth-order valence-electron chi connectivity index (χ4n) is 2.75. The summed E-state index contributed by atoms with van der Waals surface area (Å²) in [6, 6.07) is 7.25. The van der Waals surface area contributed by atoms with Gasteiger partial charge in [0.05, 0.1) is 12.8 Å². The lowest BCUT2D eigenvalue weighted by Crippen LogP contribution is -2.54. The molecule has 1 fully saturated rings. The second-order valence-corrected chi connectivity index (χ2v) is 5.97. The summed E-state index contributed by atoms with van der Waals surface area (Å²) >= 11 is 0. The van der Waals surface area contributed by atoms with Crippen LogP contribution in [0.5, 0.6) is 0 Å². The molecule has 25 heavy (non-hydrogen) atoms. The summed E-state index contributed by atoms with van der Waals surface area (Å²) in [6.45, 7) is 1.74. The molecule has 3 aromatic heterocycles. The van der Waals surface area contributed by atoms with Gasteiger partial charge in [-0.25, -0.2) is 4.79 Å². The highest BCUT2D eigenvalue weighted by Crippen LogP contribution is 2.21. The number of carbonyl (C=O) groups excluding carboxylic acids is 1.